The fourth-order valence-corrected chi connectivity index (χ4v) is 3.33. The lowest BCUT2D eigenvalue weighted by atomic mass is 10.0. The molecule has 2 aromatic heterocycles. The van der Waals surface area contributed by atoms with Crippen molar-refractivity contribution in [3.63, 3.8) is 0 Å². The van der Waals surface area contributed by atoms with E-state index in [0.717, 1.165) is 43.7 Å². The number of aryl methyl sites for hydroxylation is 2. The van der Waals surface area contributed by atoms with Crippen LogP contribution in [-0.2, 0) is 6.54 Å². The van der Waals surface area contributed by atoms with E-state index in [1.165, 1.54) is 10.9 Å². The second-order valence-electron chi connectivity index (χ2n) is 6.97. The predicted molar refractivity (Wildman–Crippen MR) is 102 cm³/mol. The molecule has 0 bridgehead atoms. The summed E-state index contributed by atoms with van der Waals surface area (Å²) in [5.41, 5.74) is 1.86. The summed E-state index contributed by atoms with van der Waals surface area (Å²) < 4.78 is 1.52. The van der Waals surface area contributed by atoms with E-state index >= 15 is 0 Å². The smallest absolute Gasteiger partial charge is 0.271 e. The topological polar surface area (TPSA) is 93.0 Å². The number of nitrogens with zero attached hydrogens (tertiary/aromatic N) is 5. The van der Waals surface area contributed by atoms with Gasteiger partial charge in [0, 0.05) is 31.4 Å². The first-order valence-corrected chi connectivity index (χ1v) is 9.38. The Labute approximate surface area is 158 Å². The zero-order valence-corrected chi connectivity index (χ0v) is 15.9. The molecule has 144 valence electrons. The Balaban J connectivity index is 1.56. The average Bonchev–Trinajstić information content (AvgIpc) is 2.68. The van der Waals surface area contributed by atoms with Crippen LogP contribution in [0.15, 0.2) is 29.3 Å². The van der Waals surface area contributed by atoms with Crippen molar-refractivity contribution in [1.82, 2.24) is 30.0 Å². The van der Waals surface area contributed by atoms with Gasteiger partial charge in [-0.15, -0.1) is 0 Å². The summed E-state index contributed by atoms with van der Waals surface area (Å²) in [5.74, 6) is -0.204. The van der Waals surface area contributed by atoms with Gasteiger partial charge in [-0.1, -0.05) is 6.42 Å². The number of carbonyl (C=O) groups excluding carboxylic acids is 1. The average molecular weight is 370 g/mol. The molecule has 27 heavy (non-hydrogen) atoms. The highest BCUT2D eigenvalue weighted by Crippen LogP contribution is 2.16. The number of likely N-dealkylation sites (tertiary alicyclic amines) is 1. The maximum atomic E-state index is 12.3. The summed E-state index contributed by atoms with van der Waals surface area (Å²) in [7, 11) is 0. The zero-order valence-electron chi connectivity index (χ0n) is 15.9. The molecule has 0 aliphatic carbocycles. The zero-order chi connectivity index (χ0) is 19.2. The SMILES string of the molecule is Cc1cnc(C(=O)NCC2CCCCN2CCn2nc(C)ccc2=O)cn1. The second kappa shape index (κ2) is 8.85. The first kappa shape index (κ1) is 19.2. The molecule has 0 spiro atoms. The van der Waals surface area contributed by atoms with Crippen molar-refractivity contribution in [2.24, 2.45) is 0 Å². The molecule has 1 fully saturated rings. The Morgan fingerprint density at radius 2 is 2.00 bits per heavy atom. The number of aromatic nitrogens is 4. The number of piperidine rings is 1. The van der Waals surface area contributed by atoms with Crippen LogP contribution in [0.25, 0.3) is 0 Å². The van der Waals surface area contributed by atoms with E-state index in [1.54, 1.807) is 18.3 Å². The van der Waals surface area contributed by atoms with E-state index in [2.05, 4.69) is 25.3 Å². The Hall–Kier alpha value is -2.61. The van der Waals surface area contributed by atoms with Crippen LogP contribution in [0.5, 0.6) is 0 Å². The van der Waals surface area contributed by atoms with Gasteiger partial charge < -0.3 is 5.32 Å². The normalized spacial score (nSPS) is 17.6. The molecule has 3 rings (SSSR count). The van der Waals surface area contributed by atoms with Crippen LogP contribution in [0.2, 0.25) is 0 Å². The molecule has 1 aliphatic rings. The number of carbonyl (C=O) groups is 1. The maximum Gasteiger partial charge on any atom is 0.271 e. The maximum absolute atomic E-state index is 12.3. The Morgan fingerprint density at radius 1 is 1.15 bits per heavy atom. The molecule has 0 aromatic carbocycles. The number of hydrogen-bond donors (Lipinski definition) is 1. The summed E-state index contributed by atoms with van der Waals surface area (Å²) in [6, 6.07) is 3.53. The first-order valence-electron chi connectivity index (χ1n) is 9.38. The van der Waals surface area contributed by atoms with Crippen molar-refractivity contribution in [2.75, 3.05) is 19.6 Å². The summed E-state index contributed by atoms with van der Waals surface area (Å²) in [4.78, 5) is 34.8. The van der Waals surface area contributed by atoms with Gasteiger partial charge in [0.25, 0.3) is 11.5 Å². The highest BCUT2D eigenvalue weighted by molar-refractivity contribution is 5.91. The molecule has 1 saturated heterocycles. The van der Waals surface area contributed by atoms with Gasteiger partial charge >= 0.3 is 0 Å². The van der Waals surface area contributed by atoms with Crippen molar-refractivity contribution < 1.29 is 4.79 Å². The van der Waals surface area contributed by atoms with Crippen molar-refractivity contribution >= 4 is 5.91 Å². The molecule has 1 amide bonds. The molecule has 3 heterocycles. The van der Waals surface area contributed by atoms with Crippen molar-refractivity contribution in [1.29, 1.82) is 0 Å². The highest BCUT2D eigenvalue weighted by atomic mass is 16.2. The predicted octanol–water partition coefficient (Wildman–Crippen LogP) is 0.935. The van der Waals surface area contributed by atoms with Crippen molar-refractivity contribution in [3.05, 3.63) is 52.0 Å². The summed E-state index contributed by atoms with van der Waals surface area (Å²) in [6.45, 7) is 6.53. The van der Waals surface area contributed by atoms with Crippen LogP contribution in [0.4, 0.5) is 0 Å². The second-order valence-corrected chi connectivity index (χ2v) is 6.97. The third kappa shape index (κ3) is 5.19. The highest BCUT2D eigenvalue weighted by Gasteiger charge is 2.23. The quantitative estimate of drug-likeness (QED) is 0.813. The van der Waals surface area contributed by atoms with E-state index in [0.29, 0.717) is 18.8 Å². The van der Waals surface area contributed by atoms with Gasteiger partial charge in [0.15, 0.2) is 0 Å². The number of rotatable bonds is 6. The minimum Gasteiger partial charge on any atom is -0.349 e. The lowest BCUT2D eigenvalue weighted by Crippen LogP contribution is -2.48. The van der Waals surface area contributed by atoms with Crippen LogP contribution in [0, 0.1) is 13.8 Å². The van der Waals surface area contributed by atoms with E-state index in [1.807, 2.05) is 13.8 Å². The van der Waals surface area contributed by atoms with Gasteiger partial charge in [-0.25, -0.2) is 9.67 Å². The van der Waals surface area contributed by atoms with Crippen LogP contribution >= 0.6 is 0 Å². The first-order chi connectivity index (χ1) is 13.0. The summed E-state index contributed by atoms with van der Waals surface area (Å²) in [6.07, 6.45) is 6.39. The van der Waals surface area contributed by atoms with E-state index in [4.69, 9.17) is 0 Å². The van der Waals surface area contributed by atoms with Gasteiger partial charge in [0.2, 0.25) is 0 Å². The minimum absolute atomic E-state index is 0.0830. The van der Waals surface area contributed by atoms with E-state index in [-0.39, 0.29) is 17.5 Å². The van der Waals surface area contributed by atoms with E-state index in [9.17, 15) is 9.59 Å². The molecule has 0 radical (unpaired) electrons. The van der Waals surface area contributed by atoms with Crippen LogP contribution in [-0.4, -0.2) is 56.2 Å². The fourth-order valence-electron chi connectivity index (χ4n) is 3.33. The molecular formula is C19H26N6O2. The van der Waals surface area contributed by atoms with Gasteiger partial charge in [-0.2, -0.15) is 5.10 Å². The standard InChI is InChI=1S/C19H26N6O2/c1-14-6-7-18(26)25(23-14)10-9-24-8-4-3-5-16(24)12-22-19(27)17-13-20-15(2)11-21-17/h6-7,11,13,16H,3-5,8-10,12H2,1-2H3,(H,22,27). The van der Waals surface area contributed by atoms with Gasteiger partial charge in [0.1, 0.15) is 5.69 Å². The van der Waals surface area contributed by atoms with Crippen LogP contribution in [0.3, 0.4) is 0 Å². The third-order valence-corrected chi connectivity index (χ3v) is 4.86. The van der Waals surface area contributed by atoms with Gasteiger partial charge in [0.05, 0.1) is 24.1 Å². The Morgan fingerprint density at radius 3 is 2.78 bits per heavy atom. The molecule has 1 atom stereocenters. The Kier molecular flexibility index (Phi) is 6.28. The molecule has 1 N–H and O–H groups in total. The van der Waals surface area contributed by atoms with Gasteiger partial charge in [-0.3, -0.25) is 19.5 Å². The minimum atomic E-state index is -0.204. The number of hydrogen-bond acceptors (Lipinski definition) is 6. The number of nitrogens with one attached hydrogen (secondary N) is 1. The Bertz CT molecular complexity index is 833. The lowest BCUT2D eigenvalue weighted by molar-refractivity contribution is 0.0904. The molecule has 2 aromatic rings. The van der Waals surface area contributed by atoms with Crippen molar-refractivity contribution in [2.45, 2.75) is 45.7 Å². The molecule has 0 saturated carbocycles. The fraction of sp³-hybridized carbons (Fsp3) is 0.526. The van der Waals surface area contributed by atoms with E-state index < -0.39 is 0 Å². The molecule has 8 nitrogen and oxygen atoms in total. The molecule has 1 aliphatic heterocycles. The molecule has 8 heteroatoms. The molecular weight excluding hydrogens is 344 g/mol. The largest absolute Gasteiger partial charge is 0.349 e. The van der Waals surface area contributed by atoms with Crippen LogP contribution in [0.1, 0.15) is 41.1 Å². The lowest BCUT2D eigenvalue weighted by Gasteiger charge is -2.35. The monoisotopic (exact) mass is 370 g/mol. The third-order valence-electron chi connectivity index (χ3n) is 4.86. The molecule has 1 unspecified atom stereocenters. The summed E-state index contributed by atoms with van der Waals surface area (Å²) >= 11 is 0. The summed E-state index contributed by atoms with van der Waals surface area (Å²) in [5, 5.41) is 7.27. The van der Waals surface area contributed by atoms with Gasteiger partial charge in [-0.05, 0) is 39.3 Å². The number of amides is 1. The van der Waals surface area contributed by atoms with Crippen molar-refractivity contribution in [3.8, 4) is 0 Å². The van der Waals surface area contributed by atoms with Crippen LogP contribution < -0.4 is 10.9 Å².